The molecular formula is C14H13NO5S2. The third kappa shape index (κ3) is 4.15. The highest BCUT2D eigenvalue weighted by Gasteiger charge is 2.24. The largest absolute Gasteiger partial charge is 0.467 e. The normalized spacial score (nSPS) is 11.5. The van der Waals surface area contributed by atoms with Gasteiger partial charge in [-0.1, -0.05) is 12.1 Å². The molecule has 2 aromatic rings. The molecule has 0 radical (unpaired) electrons. The zero-order chi connectivity index (χ0) is 15.9. The van der Waals surface area contributed by atoms with Gasteiger partial charge in [0.1, 0.15) is 11.5 Å². The zero-order valence-electron chi connectivity index (χ0n) is 11.6. The minimum Gasteiger partial charge on any atom is -0.467 e. The Kier molecular flexibility index (Phi) is 5.68. The van der Waals surface area contributed by atoms with E-state index in [1.807, 2.05) is 0 Å². The molecule has 2 aromatic heterocycles. The predicted molar refractivity (Wildman–Crippen MR) is 82.2 cm³/mol. The van der Waals surface area contributed by atoms with E-state index in [4.69, 9.17) is 4.74 Å². The van der Waals surface area contributed by atoms with Gasteiger partial charge < -0.3 is 14.8 Å². The molecule has 0 bridgehead atoms. The second-order valence-corrected chi connectivity index (χ2v) is 6.00. The summed E-state index contributed by atoms with van der Waals surface area (Å²) in [5.74, 6) is -1.64. The number of carbonyl (C=O) groups is 3. The van der Waals surface area contributed by atoms with Gasteiger partial charge in [0.2, 0.25) is 0 Å². The van der Waals surface area contributed by atoms with Gasteiger partial charge in [-0.2, -0.15) is 0 Å². The van der Waals surface area contributed by atoms with E-state index in [-0.39, 0.29) is 6.61 Å². The minimum absolute atomic E-state index is 0.291. The molecule has 1 amide bonds. The first-order valence-electron chi connectivity index (χ1n) is 6.24. The molecule has 22 heavy (non-hydrogen) atoms. The maximum absolute atomic E-state index is 12.0. The molecule has 0 aliphatic heterocycles. The number of ether oxygens (including phenoxy) is 2. The summed E-state index contributed by atoms with van der Waals surface area (Å²) < 4.78 is 9.66. The van der Waals surface area contributed by atoms with Crippen LogP contribution in [0.25, 0.3) is 0 Å². The Morgan fingerprint density at radius 3 is 2.32 bits per heavy atom. The van der Waals surface area contributed by atoms with Gasteiger partial charge in [-0.15, -0.1) is 22.7 Å². The van der Waals surface area contributed by atoms with Crippen LogP contribution in [0, 0.1) is 0 Å². The lowest BCUT2D eigenvalue weighted by molar-refractivity contribution is -0.143. The van der Waals surface area contributed by atoms with E-state index in [1.165, 1.54) is 29.8 Å². The van der Waals surface area contributed by atoms with Crippen molar-refractivity contribution in [2.75, 3.05) is 13.7 Å². The third-order valence-electron chi connectivity index (χ3n) is 2.64. The summed E-state index contributed by atoms with van der Waals surface area (Å²) in [6, 6.07) is 5.64. The number of hydrogen-bond donors (Lipinski definition) is 1. The molecule has 0 aromatic carbocycles. The van der Waals surface area contributed by atoms with Crippen molar-refractivity contribution >= 4 is 40.5 Å². The Bertz CT molecular complexity index is 636. The van der Waals surface area contributed by atoms with Crippen LogP contribution < -0.4 is 5.32 Å². The number of methoxy groups -OCH3 is 1. The summed E-state index contributed by atoms with van der Waals surface area (Å²) in [7, 11) is 1.20. The standard InChI is InChI=1S/C14H13NO5S2/c1-19-13(17)9(15-12(16)10-4-2-6-21-10)8-20-14(18)11-5-3-7-22-11/h2-7,9H,8H2,1H3,(H,15,16)/t9-/m0/s1. The van der Waals surface area contributed by atoms with Crippen molar-refractivity contribution < 1.29 is 23.9 Å². The summed E-state index contributed by atoms with van der Waals surface area (Å²) in [6.45, 7) is -0.291. The Morgan fingerprint density at radius 1 is 1.14 bits per heavy atom. The number of hydrogen-bond acceptors (Lipinski definition) is 7. The van der Waals surface area contributed by atoms with Crippen LogP contribution >= 0.6 is 22.7 Å². The van der Waals surface area contributed by atoms with Crippen molar-refractivity contribution in [1.82, 2.24) is 5.32 Å². The number of thiophene rings is 2. The molecule has 2 rings (SSSR count). The molecule has 1 N–H and O–H groups in total. The lowest BCUT2D eigenvalue weighted by atomic mass is 10.3. The summed E-state index contributed by atoms with van der Waals surface area (Å²) in [5, 5.41) is 5.99. The minimum atomic E-state index is -1.05. The van der Waals surface area contributed by atoms with Crippen molar-refractivity contribution in [3.05, 3.63) is 44.8 Å². The second-order valence-electron chi connectivity index (χ2n) is 4.10. The average Bonchev–Trinajstić information content (AvgIpc) is 3.22. The highest BCUT2D eigenvalue weighted by Crippen LogP contribution is 2.11. The summed E-state index contributed by atoms with van der Waals surface area (Å²) >= 11 is 2.48. The number of esters is 2. The first kappa shape index (κ1) is 16.2. The van der Waals surface area contributed by atoms with Gasteiger partial charge in [0, 0.05) is 0 Å². The molecule has 0 spiro atoms. The van der Waals surface area contributed by atoms with Crippen molar-refractivity contribution in [3.63, 3.8) is 0 Å². The van der Waals surface area contributed by atoms with E-state index < -0.39 is 23.9 Å². The Morgan fingerprint density at radius 2 is 1.77 bits per heavy atom. The van der Waals surface area contributed by atoms with Crippen LogP contribution in [0.2, 0.25) is 0 Å². The molecule has 0 aliphatic rings. The van der Waals surface area contributed by atoms with Gasteiger partial charge in [-0.3, -0.25) is 4.79 Å². The number of rotatable bonds is 6. The molecule has 0 saturated heterocycles. The van der Waals surface area contributed by atoms with Crippen LogP contribution in [0.15, 0.2) is 35.0 Å². The van der Waals surface area contributed by atoms with Crippen molar-refractivity contribution in [3.8, 4) is 0 Å². The smallest absolute Gasteiger partial charge is 0.348 e. The van der Waals surface area contributed by atoms with Crippen LogP contribution in [0.3, 0.4) is 0 Å². The van der Waals surface area contributed by atoms with Crippen LogP contribution in [0.1, 0.15) is 19.3 Å². The Labute approximate surface area is 134 Å². The molecule has 0 aliphatic carbocycles. The van der Waals surface area contributed by atoms with Crippen molar-refractivity contribution in [2.24, 2.45) is 0 Å². The Hall–Kier alpha value is -2.19. The molecule has 0 saturated carbocycles. The van der Waals surface area contributed by atoms with Gasteiger partial charge >= 0.3 is 11.9 Å². The van der Waals surface area contributed by atoms with E-state index in [1.54, 1.807) is 35.0 Å². The summed E-state index contributed by atoms with van der Waals surface area (Å²) in [6.07, 6.45) is 0. The van der Waals surface area contributed by atoms with Crippen LogP contribution in [0.4, 0.5) is 0 Å². The summed E-state index contributed by atoms with van der Waals surface area (Å²) in [4.78, 5) is 36.3. The van der Waals surface area contributed by atoms with E-state index in [0.717, 1.165) is 0 Å². The lowest BCUT2D eigenvalue weighted by Crippen LogP contribution is -2.44. The van der Waals surface area contributed by atoms with Gasteiger partial charge in [0.05, 0.1) is 12.0 Å². The van der Waals surface area contributed by atoms with Crippen molar-refractivity contribution in [2.45, 2.75) is 6.04 Å². The topological polar surface area (TPSA) is 81.7 Å². The number of carbonyl (C=O) groups excluding carboxylic acids is 3. The molecule has 0 unspecified atom stereocenters. The molecule has 116 valence electrons. The van der Waals surface area contributed by atoms with Crippen LogP contribution in [-0.2, 0) is 14.3 Å². The Balaban J connectivity index is 1.96. The molecule has 2 heterocycles. The third-order valence-corrected chi connectivity index (χ3v) is 4.36. The SMILES string of the molecule is COC(=O)[C@H](COC(=O)c1cccs1)NC(=O)c1cccs1. The quantitative estimate of drug-likeness (QED) is 0.814. The second kappa shape index (κ2) is 7.71. The monoisotopic (exact) mass is 339 g/mol. The molecule has 1 atom stereocenters. The number of nitrogens with one attached hydrogen (secondary N) is 1. The first-order chi connectivity index (χ1) is 10.6. The molecular weight excluding hydrogens is 326 g/mol. The van der Waals surface area contributed by atoms with E-state index in [9.17, 15) is 14.4 Å². The zero-order valence-corrected chi connectivity index (χ0v) is 13.2. The molecule has 8 heteroatoms. The predicted octanol–water partition coefficient (Wildman–Crippen LogP) is 1.94. The lowest BCUT2D eigenvalue weighted by Gasteiger charge is -2.15. The summed E-state index contributed by atoms with van der Waals surface area (Å²) in [5.41, 5.74) is 0. The average molecular weight is 339 g/mol. The first-order valence-corrected chi connectivity index (χ1v) is 8.00. The van der Waals surface area contributed by atoms with E-state index >= 15 is 0 Å². The molecule has 0 fully saturated rings. The van der Waals surface area contributed by atoms with Gasteiger partial charge in [0.25, 0.3) is 5.91 Å². The van der Waals surface area contributed by atoms with Gasteiger partial charge in [-0.05, 0) is 22.9 Å². The maximum atomic E-state index is 12.0. The van der Waals surface area contributed by atoms with E-state index in [0.29, 0.717) is 9.75 Å². The fourth-order valence-corrected chi connectivity index (χ4v) is 2.82. The number of amides is 1. The van der Waals surface area contributed by atoms with Gasteiger partial charge in [0.15, 0.2) is 6.04 Å². The van der Waals surface area contributed by atoms with Gasteiger partial charge in [-0.25, -0.2) is 9.59 Å². The highest BCUT2D eigenvalue weighted by molar-refractivity contribution is 7.12. The highest BCUT2D eigenvalue weighted by atomic mass is 32.1. The van der Waals surface area contributed by atoms with Crippen LogP contribution in [-0.4, -0.2) is 37.6 Å². The van der Waals surface area contributed by atoms with Crippen LogP contribution in [0.5, 0.6) is 0 Å². The van der Waals surface area contributed by atoms with Crippen molar-refractivity contribution in [1.29, 1.82) is 0 Å². The maximum Gasteiger partial charge on any atom is 0.348 e. The van der Waals surface area contributed by atoms with E-state index in [2.05, 4.69) is 10.1 Å². The molecule has 6 nitrogen and oxygen atoms in total. The fourth-order valence-electron chi connectivity index (χ4n) is 1.57. The fraction of sp³-hybridized carbons (Fsp3) is 0.214.